The topological polar surface area (TPSA) is 106 Å². The van der Waals surface area contributed by atoms with Gasteiger partial charge in [-0.25, -0.2) is 0 Å². The van der Waals surface area contributed by atoms with Gasteiger partial charge in [-0.3, -0.25) is 14.4 Å². The van der Waals surface area contributed by atoms with Crippen LogP contribution in [-0.4, -0.2) is 74.8 Å². The monoisotopic (exact) mass is 473 g/mol. The smallest absolute Gasteiger partial charge is 0.257 e. The van der Waals surface area contributed by atoms with Gasteiger partial charge in [0.1, 0.15) is 18.5 Å². The number of anilines is 1. The lowest BCUT2D eigenvalue weighted by Crippen LogP contribution is -2.54. The summed E-state index contributed by atoms with van der Waals surface area (Å²) in [7, 11) is 3.37. The van der Waals surface area contributed by atoms with Crippen molar-refractivity contribution in [2.24, 2.45) is 5.92 Å². The van der Waals surface area contributed by atoms with Crippen molar-refractivity contribution in [3.63, 3.8) is 0 Å². The van der Waals surface area contributed by atoms with Gasteiger partial charge in [0, 0.05) is 32.3 Å². The Bertz CT molecular complexity index is 901. The first-order valence-electron chi connectivity index (χ1n) is 12.2. The molecule has 0 spiro atoms. The zero-order chi connectivity index (χ0) is 24.1. The van der Waals surface area contributed by atoms with Crippen LogP contribution in [0, 0.1) is 5.92 Å². The third-order valence-corrected chi connectivity index (χ3v) is 7.05. The lowest BCUT2D eigenvalue weighted by molar-refractivity contribution is -0.134. The van der Waals surface area contributed by atoms with E-state index in [2.05, 4.69) is 10.6 Å². The van der Waals surface area contributed by atoms with Crippen LogP contribution >= 0.6 is 0 Å². The minimum atomic E-state index is -0.325. The second-order valence-corrected chi connectivity index (χ2v) is 9.40. The number of carbonyl (C=O) groups excluding carboxylic acids is 3. The molecule has 0 radical (unpaired) electrons. The van der Waals surface area contributed by atoms with E-state index in [1.165, 1.54) is 0 Å². The number of hydrogen-bond acceptors (Lipinski definition) is 6. The summed E-state index contributed by atoms with van der Waals surface area (Å²) in [5.74, 6) is 0.294. The predicted octanol–water partition coefficient (Wildman–Crippen LogP) is 2.35. The Hall–Kier alpha value is -2.65. The molecule has 9 heteroatoms. The Kier molecular flexibility index (Phi) is 8.05. The molecule has 1 saturated carbocycles. The van der Waals surface area contributed by atoms with Gasteiger partial charge in [-0.05, 0) is 43.9 Å². The highest BCUT2D eigenvalue weighted by molar-refractivity contribution is 6.00. The van der Waals surface area contributed by atoms with Crippen molar-refractivity contribution in [3.8, 4) is 5.75 Å². The van der Waals surface area contributed by atoms with E-state index in [1.54, 1.807) is 37.3 Å². The number of likely N-dealkylation sites (N-methyl/N-ethyl adjacent to an activating group) is 1. The second kappa shape index (κ2) is 11.2. The van der Waals surface area contributed by atoms with Gasteiger partial charge in [-0.15, -0.1) is 0 Å². The van der Waals surface area contributed by atoms with E-state index in [-0.39, 0.29) is 54.9 Å². The fraction of sp³-hybridized carbons (Fsp3) is 0.640. The van der Waals surface area contributed by atoms with Crippen molar-refractivity contribution in [1.82, 2.24) is 10.2 Å². The second-order valence-electron chi connectivity index (χ2n) is 9.40. The van der Waals surface area contributed by atoms with E-state index in [0.29, 0.717) is 36.6 Å². The van der Waals surface area contributed by atoms with Crippen LogP contribution in [0.25, 0.3) is 0 Å². The number of ether oxygens (including phenoxy) is 3. The first-order valence-corrected chi connectivity index (χ1v) is 12.2. The van der Waals surface area contributed by atoms with Gasteiger partial charge in [0.05, 0.1) is 30.7 Å². The van der Waals surface area contributed by atoms with Crippen LogP contribution in [0.3, 0.4) is 0 Å². The minimum Gasteiger partial charge on any atom is -0.490 e. The summed E-state index contributed by atoms with van der Waals surface area (Å²) in [6, 6.07) is 5.06. The SMILES string of the molecule is COCCNC(=O)C[C@H]1CC[C@H]2[C@@H](COc3ccc(NC(=O)C4CCCC4)cc3C(=O)N2C)O1. The van der Waals surface area contributed by atoms with Gasteiger partial charge in [0.2, 0.25) is 11.8 Å². The van der Waals surface area contributed by atoms with Crippen molar-refractivity contribution in [3.05, 3.63) is 23.8 Å². The largest absolute Gasteiger partial charge is 0.490 e. The summed E-state index contributed by atoms with van der Waals surface area (Å²) < 4.78 is 17.2. The molecular formula is C25H35N3O6. The molecule has 0 bridgehead atoms. The first kappa shape index (κ1) is 24.5. The molecule has 1 aromatic carbocycles. The van der Waals surface area contributed by atoms with Crippen molar-refractivity contribution in [2.45, 2.75) is 63.2 Å². The molecule has 186 valence electrons. The average molecular weight is 474 g/mol. The lowest BCUT2D eigenvalue weighted by Gasteiger charge is -2.42. The first-order chi connectivity index (χ1) is 16.5. The number of hydrogen-bond donors (Lipinski definition) is 2. The van der Waals surface area contributed by atoms with Crippen LogP contribution in [0.4, 0.5) is 5.69 Å². The van der Waals surface area contributed by atoms with E-state index in [4.69, 9.17) is 14.2 Å². The molecule has 2 heterocycles. The van der Waals surface area contributed by atoms with Gasteiger partial charge >= 0.3 is 0 Å². The molecule has 1 saturated heterocycles. The van der Waals surface area contributed by atoms with Crippen molar-refractivity contribution >= 4 is 23.4 Å². The van der Waals surface area contributed by atoms with Crippen molar-refractivity contribution in [2.75, 3.05) is 39.2 Å². The number of carbonyl (C=O) groups is 3. The molecule has 1 aliphatic carbocycles. The zero-order valence-corrected chi connectivity index (χ0v) is 20.0. The highest BCUT2D eigenvalue weighted by Gasteiger charge is 2.39. The minimum absolute atomic E-state index is 0.0167. The van der Waals surface area contributed by atoms with Gasteiger partial charge < -0.3 is 29.7 Å². The van der Waals surface area contributed by atoms with Crippen LogP contribution < -0.4 is 15.4 Å². The highest BCUT2D eigenvalue weighted by atomic mass is 16.5. The van der Waals surface area contributed by atoms with Gasteiger partial charge in [0.15, 0.2) is 0 Å². The standard InChI is InChI=1S/C25H35N3O6/c1-28-20-9-8-18(14-23(29)26-11-12-32-2)34-22(20)15-33-21-10-7-17(13-19(21)25(28)31)27-24(30)16-5-3-4-6-16/h7,10,13,16,18,20,22H,3-6,8-9,11-12,14-15H2,1-2H3,(H,26,29)(H,27,30)/t18-,20+,22-/m1/s1. The van der Waals surface area contributed by atoms with Crippen LogP contribution in [-0.2, 0) is 19.1 Å². The van der Waals surface area contributed by atoms with Crippen LogP contribution in [0.2, 0.25) is 0 Å². The molecule has 2 fully saturated rings. The molecule has 0 aromatic heterocycles. The summed E-state index contributed by atoms with van der Waals surface area (Å²) >= 11 is 0. The maximum absolute atomic E-state index is 13.3. The van der Waals surface area contributed by atoms with Crippen LogP contribution in [0.1, 0.15) is 55.3 Å². The molecule has 1 aromatic rings. The van der Waals surface area contributed by atoms with Crippen molar-refractivity contribution in [1.29, 1.82) is 0 Å². The van der Waals surface area contributed by atoms with E-state index in [1.807, 2.05) is 0 Å². The summed E-state index contributed by atoms with van der Waals surface area (Å²) in [5, 5.41) is 5.79. The number of fused-ring (bicyclic) bond motifs is 2. The van der Waals surface area contributed by atoms with Crippen LogP contribution in [0.5, 0.6) is 5.75 Å². The van der Waals surface area contributed by atoms with E-state index in [0.717, 1.165) is 32.1 Å². The van der Waals surface area contributed by atoms with Crippen molar-refractivity contribution < 1.29 is 28.6 Å². The molecular weight excluding hydrogens is 438 g/mol. The van der Waals surface area contributed by atoms with E-state index in [9.17, 15) is 14.4 Å². The Morgan fingerprint density at radius 2 is 1.97 bits per heavy atom. The Morgan fingerprint density at radius 3 is 2.74 bits per heavy atom. The zero-order valence-electron chi connectivity index (χ0n) is 20.0. The fourth-order valence-corrected chi connectivity index (χ4v) is 5.11. The number of nitrogens with zero attached hydrogens (tertiary/aromatic N) is 1. The lowest BCUT2D eigenvalue weighted by atomic mass is 9.94. The Morgan fingerprint density at radius 1 is 1.18 bits per heavy atom. The molecule has 3 amide bonds. The molecule has 4 rings (SSSR count). The predicted molar refractivity (Wildman–Crippen MR) is 126 cm³/mol. The molecule has 0 unspecified atom stereocenters. The third-order valence-electron chi connectivity index (χ3n) is 7.05. The molecule has 2 N–H and O–H groups in total. The average Bonchev–Trinajstić information content (AvgIpc) is 3.37. The maximum atomic E-state index is 13.3. The molecule has 9 nitrogen and oxygen atoms in total. The summed E-state index contributed by atoms with van der Waals surface area (Å²) in [6.07, 6.45) is 5.14. The number of rotatable bonds is 7. The summed E-state index contributed by atoms with van der Waals surface area (Å²) in [5.41, 5.74) is 1.04. The third kappa shape index (κ3) is 5.70. The highest BCUT2D eigenvalue weighted by Crippen LogP contribution is 2.33. The number of methoxy groups -OCH3 is 1. The number of amides is 3. The molecule has 3 aliphatic rings. The number of nitrogens with one attached hydrogen (secondary N) is 2. The normalized spacial score (nSPS) is 24.9. The summed E-state index contributed by atoms with van der Waals surface area (Å²) in [6.45, 7) is 1.22. The van der Waals surface area contributed by atoms with Gasteiger partial charge in [-0.2, -0.15) is 0 Å². The van der Waals surface area contributed by atoms with Crippen LogP contribution in [0.15, 0.2) is 18.2 Å². The Balaban J connectivity index is 1.41. The quantitative estimate of drug-likeness (QED) is 0.589. The van der Waals surface area contributed by atoms with Gasteiger partial charge in [-0.1, -0.05) is 12.8 Å². The molecule has 3 atom stereocenters. The summed E-state index contributed by atoms with van der Waals surface area (Å²) in [4.78, 5) is 39.8. The number of benzene rings is 1. The van der Waals surface area contributed by atoms with Gasteiger partial charge in [0.25, 0.3) is 5.91 Å². The fourth-order valence-electron chi connectivity index (χ4n) is 5.11. The van der Waals surface area contributed by atoms with E-state index < -0.39 is 0 Å². The maximum Gasteiger partial charge on any atom is 0.257 e. The molecule has 2 aliphatic heterocycles. The van der Waals surface area contributed by atoms with E-state index >= 15 is 0 Å². The molecule has 34 heavy (non-hydrogen) atoms. The Labute approximate surface area is 200 Å².